The third-order valence-corrected chi connectivity index (χ3v) is 3.04. The van der Waals surface area contributed by atoms with E-state index in [1.807, 2.05) is 0 Å². The van der Waals surface area contributed by atoms with Crippen LogP contribution < -0.4 is 5.73 Å². The average molecular weight is 273 g/mol. The number of nitrogen functional groups attached to an aromatic ring is 1. The maximum absolute atomic E-state index is 13.9. The van der Waals surface area contributed by atoms with E-state index in [0.29, 0.717) is 11.0 Å². The van der Waals surface area contributed by atoms with Gasteiger partial charge in [0.2, 0.25) is 5.78 Å². The van der Waals surface area contributed by atoms with E-state index in [2.05, 4.69) is 9.97 Å². The lowest BCUT2D eigenvalue weighted by Gasteiger charge is -2.05. The van der Waals surface area contributed by atoms with Gasteiger partial charge in [-0.05, 0) is 24.3 Å². The van der Waals surface area contributed by atoms with Crippen molar-refractivity contribution < 1.29 is 13.6 Å². The van der Waals surface area contributed by atoms with Crippen LogP contribution in [0.2, 0.25) is 0 Å². The quantitative estimate of drug-likeness (QED) is 0.557. The summed E-state index contributed by atoms with van der Waals surface area (Å²) in [4.78, 5) is 19.1. The fourth-order valence-corrected chi connectivity index (χ4v) is 2.06. The second-order valence-electron chi connectivity index (χ2n) is 4.26. The molecule has 4 nitrogen and oxygen atoms in total. The van der Waals surface area contributed by atoms with Crippen LogP contribution in [0.1, 0.15) is 15.9 Å². The molecule has 0 unspecified atom stereocenters. The van der Waals surface area contributed by atoms with Crippen LogP contribution in [-0.4, -0.2) is 15.8 Å². The number of anilines is 1. The Morgan fingerprint density at radius 3 is 2.85 bits per heavy atom. The van der Waals surface area contributed by atoms with Crippen molar-refractivity contribution in [2.75, 3.05) is 5.73 Å². The highest BCUT2D eigenvalue weighted by Gasteiger charge is 2.23. The number of pyridine rings is 1. The van der Waals surface area contributed by atoms with Crippen LogP contribution in [0.15, 0.2) is 36.7 Å². The molecular formula is C14H9F2N3O. The minimum atomic E-state index is -1.05. The van der Waals surface area contributed by atoms with Crippen molar-refractivity contribution in [1.29, 1.82) is 0 Å². The van der Waals surface area contributed by atoms with Crippen molar-refractivity contribution in [3.05, 3.63) is 59.4 Å². The van der Waals surface area contributed by atoms with Gasteiger partial charge >= 0.3 is 0 Å². The number of carbonyl (C=O) groups is 1. The molecule has 0 fully saturated rings. The molecular weight excluding hydrogens is 264 g/mol. The summed E-state index contributed by atoms with van der Waals surface area (Å²) >= 11 is 0. The molecule has 3 N–H and O–H groups in total. The van der Waals surface area contributed by atoms with Crippen molar-refractivity contribution in [3.8, 4) is 0 Å². The van der Waals surface area contributed by atoms with E-state index in [0.717, 1.165) is 12.1 Å². The highest BCUT2D eigenvalue weighted by molar-refractivity contribution is 6.16. The molecule has 0 amide bonds. The molecule has 2 aromatic heterocycles. The summed E-state index contributed by atoms with van der Waals surface area (Å²) in [6.07, 6.45) is 2.93. The summed E-state index contributed by atoms with van der Waals surface area (Å²) in [5.74, 6) is -2.76. The molecule has 0 atom stereocenters. The molecule has 0 saturated carbocycles. The van der Waals surface area contributed by atoms with Crippen molar-refractivity contribution >= 4 is 22.5 Å². The number of nitrogens with one attached hydrogen (secondary N) is 1. The van der Waals surface area contributed by atoms with Crippen LogP contribution in [0, 0.1) is 11.6 Å². The Labute approximate surface area is 112 Å². The first-order valence-electron chi connectivity index (χ1n) is 5.80. The maximum Gasteiger partial charge on any atom is 0.201 e. The lowest BCUT2D eigenvalue weighted by molar-refractivity contribution is 0.103. The molecule has 0 spiro atoms. The van der Waals surface area contributed by atoms with Crippen molar-refractivity contribution in [2.45, 2.75) is 0 Å². The minimum Gasteiger partial charge on any atom is -0.396 e. The zero-order valence-corrected chi connectivity index (χ0v) is 10.2. The molecule has 0 aliphatic rings. The highest BCUT2D eigenvalue weighted by atomic mass is 19.1. The topological polar surface area (TPSA) is 71.8 Å². The monoisotopic (exact) mass is 273 g/mol. The summed E-state index contributed by atoms with van der Waals surface area (Å²) in [6, 6.07) is 5.34. The second kappa shape index (κ2) is 4.41. The Balaban J connectivity index is 2.21. The number of fused-ring (bicyclic) bond motifs is 1. The molecule has 3 rings (SSSR count). The average Bonchev–Trinajstić information content (AvgIpc) is 2.87. The number of aromatic nitrogens is 2. The SMILES string of the molecule is Nc1ccc(F)c(C(=O)c2c[nH]c3ncccc23)c1F. The smallest absolute Gasteiger partial charge is 0.201 e. The van der Waals surface area contributed by atoms with E-state index in [-0.39, 0.29) is 11.3 Å². The second-order valence-corrected chi connectivity index (χ2v) is 4.26. The van der Waals surface area contributed by atoms with E-state index in [4.69, 9.17) is 5.73 Å². The summed E-state index contributed by atoms with van der Waals surface area (Å²) in [6.45, 7) is 0. The molecule has 3 aromatic rings. The largest absolute Gasteiger partial charge is 0.396 e. The van der Waals surface area contributed by atoms with E-state index < -0.39 is 23.0 Å². The van der Waals surface area contributed by atoms with Gasteiger partial charge in [-0.2, -0.15) is 0 Å². The fraction of sp³-hybridized carbons (Fsp3) is 0. The van der Waals surface area contributed by atoms with Gasteiger partial charge in [-0.25, -0.2) is 13.8 Å². The number of halogens is 2. The number of nitrogens with two attached hydrogens (primary N) is 1. The molecule has 2 heterocycles. The zero-order valence-electron chi connectivity index (χ0n) is 10.2. The standard InChI is InChI=1S/C14H9F2N3O/c15-9-3-4-10(17)12(16)11(9)13(20)8-6-19-14-7(8)2-1-5-18-14/h1-6H,17H2,(H,18,19). The molecule has 0 aliphatic heterocycles. The summed E-state index contributed by atoms with van der Waals surface area (Å²) in [5.41, 5.74) is 5.07. The van der Waals surface area contributed by atoms with Crippen LogP contribution in [0.25, 0.3) is 11.0 Å². The van der Waals surface area contributed by atoms with Crippen molar-refractivity contribution in [1.82, 2.24) is 9.97 Å². The van der Waals surface area contributed by atoms with Gasteiger partial charge in [0.1, 0.15) is 11.5 Å². The van der Waals surface area contributed by atoms with E-state index in [9.17, 15) is 13.6 Å². The molecule has 1 aromatic carbocycles. The van der Waals surface area contributed by atoms with Gasteiger partial charge in [0.25, 0.3) is 0 Å². The van der Waals surface area contributed by atoms with Crippen molar-refractivity contribution in [3.63, 3.8) is 0 Å². The van der Waals surface area contributed by atoms with Gasteiger partial charge in [0.15, 0.2) is 5.82 Å². The lowest BCUT2D eigenvalue weighted by Crippen LogP contribution is -2.09. The Morgan fingerprint density at radius 1 is 1.25 bits per heavy atom. The predicted octanol–water partition coefficient (Wildman–Crippen LogP) is 2.65. The van der Waals surface area contributed by atoms with Crippen molar-refractivity contribution in [2.24, 2.45) is 0 Å². The first-order valence-corrected chi connectivity index (χ1v) is 5.80. The van der Waals surface area contributed by atoms with Gasteiger partial charge < -0.3 is 10.7 Å². The highest BCUT2D eigenvalue weighted by Crippen LogP contribution is 2.25. The molecule has 0 bridgehead atoms. The number of carbonyl (C=O) groups excluding carboxylic acids is 1. The molecule has 0 aliphatic carbocycles. The number of hydrogen-bond acceptors (Lipinski definition) is 3. The third-order valence-electron chi connectivity index (χ3n) is 3.04. The zero-order chi connectivity index (χ0) is 14.3. The minimum absolute atomic E-state index is 0.150. The molecule has 100 valence electrons. The van der Waals surface area contributed by atoms with Gasteiger partial charge in [0, 0.05) is 23.3 Å². The van der Waals surface area contributed by atoms with E-state index in [1.54, 1.807) is 18.3 Å². The Hall–Kier alpha value is -2.76. The van der Waals surface area contributed by atoms with E-state index >= 15 is 0 Å². The lowest BCUT2D eigenvalue weighted by atomic mass is 10.0. The maximum atomic E-state index is 13.9. The summed E-state index contributed by atoms with van der Waals surface area (Å²) in [7, 11) is 0. The Kier molecular flexibility index (Phi) is 2.71. The summed E-state index contributed by atoms with van der Waals surface area (Å²) < 4.78 is 27.6. The van der Waals surface area contributed by atoms with Crippen LogP contribution in [0.4, 0.5) is 14.5 Å². The Morgan fingerprint density at radius 2 is 2.05 bits per heavy atom. The van der Waals surface area contributed by atoms with Gasteiger partial charge in [-0.1, -0.05) is 0 Å². The van der Waals surface area contributed by atoms with Gasteiger partial charge in [0.05, 0.1) is 11.3 Å². The number of H-pyrrole nitrogens is 1. The third kappa shape index (κ3) is 1.73. The molecule has 6 heteroatoms. The number of hydrogen-bond donors (Lipinski definition) is 2. The predicted molar refractivity (Wildman–Crippen MR) is 70.3 cm³/mol. The van der Waals surface area contributed by atoms with Gasteiger partial charge in [-0.15, -0.1) is 0 Å². The van der Waals surface area contributed by atoms with Crippen LogP contribution in [-0.2, 0) is 0 Å². The Bertz CT molecular complexity index is 826. The molecule has 0 radical (unpaired) electrons. The van der Waals surface area contributed by atoms with Crippen LogP contribution in [0.3, 0.4) is 0 Å². The number of aromatic amines is 1. The molecule has 0 saturated heterocycles. The number of benzene rings is 1. The normalized spacial score (nSPS) is 10.9. The van der Waals surface area contributed by atoms with Gasteiger partial charge in [-0.3, -0.25) is 4.79 Å². The number of ketones is 1. The summed E-state index contributed by atoms with van der Waals surface area (Å²) in [5, 5.41) is 0.499. The number of nitrogens with zero attached hydrogens (tertiary/aromatic N) is 1. The fourth-order valence-electron chi connectivity index (χ4n) is 2.06. The van der Waals surface area contributed by atoms with Crippen LogP contribution >= 0.6 is 0 Å². The van der Waals surface area contributed by atoms with Crippen LogP contribution in [0.5, 0.6) is 0 Å². The number of rotatable bonds is 2. The first-order chi connectivity index (χ1) is 9.59. The molecule has 20 heavy (non-hydrogen) atoms. The first kappa shape index (κ1) is 12.3. The van der Waals surface area contributed by atoms with E-state index in [1.165, 1.54) is 6.20 Å².